The second-order valence-corrected chi connectivity index (χ2v) is 2.03. The molecule has 0 bridgehead atoms. The third-order valence-electron chi connectivity index (χ3n) is 0.941. The molecular weight excluding hydrogens is 136 g/mol. The first-order valence-electron chi connectivity index (χ1n) is 2.58. The number of carbonyl (C=O) groups is 1. The maximum atomic E-state index is 10.0. The number of hydrogen-bond donors (Lipinski definition) is 2. The number of carboxylic acids is 1. The molecule has 2 unspecified atom stereocenters. The predicted molar refractivity (Wildman–Crippen MR) is 39.4 cm³/mol. The Morgan fingerprint density at radius 1 is 1.89 bits per heavy atom. The molecule has 0 rings (SSSR count). The summed E-state index contributed by atoms with van der Waals surface area (Å²) in [6.07, 6.45) is 0.413. The van der Waals surface area contributed by atoms with Gasteiger partial charge in [0.15, 0.2) is 0 Å². The smallest absolute Gasteiger partial charge is 0.304 e. The standard InChI is InChI=1S/C4H9BNO2P/c5-2-3(6-9)1-4(7)8/h3,6H,1-2,9H2,(H,7,8). The molecule has 0 aliphatic heterocycles. The van der Waals surface area contributed by atoms with Crippen molar-refractivity contribution in [3.8, 4) is 0 Å². The summed E-state index contributed by atoms with van der Waals surface area (Å²) in [5.41, 5.74) is 0. The van der Waals surface area contributed by atoms with Gasteiger partial charge in [0.05, 0.1) is 14.3 Å². The van der Waals surface area contributed by atoms with Gasteiger partial charge in [-0.05, 0) is 0 Å². The molecule has 50 valence electrons. The van der Waals surface area contributed by atoms with Crippen molar-refractivity contribution in [1.82, 2.24) is 5.09 Å². The Bertz CT molecular complexity index is 96.6. The van der Waals surface area contributed by atoms with Crippen LogP contribution in [0, 0.1) is 0 Å². The van der Waals surface area contributed by atoms with Crippen molar-refractivity contribution in [2.45, 2.75) is 18.8 Å². The quantitative estimate of drug-likeness (QED) is 0.425. The van der Waals surface area contributed by atoms with Gasteiger partial charge in [0.2, 0.25) is 0 Å². The van der Waals surface area contributed by atoms with Crippen LogP contribution in [0.2, 0.25) is 6.32 Å². The minimum atomic E-state index is -0.833. The maximum Gasteiger partial charge on any atom is 0.304 e. The van der Waals surface area contributed by atoms with E-state index < -0.39 is 5.97 Å². The van der Waals surface area contributed by atoms with E-state index in [1.807, 2.05) is 0 Å². The van der Waals surface area contributed by atoms with E-state index in [-0.39, 0.29) is 12.5 Å². The number of rotatable bonds is 4. The van der Waals surface area contributed by atoms with Gasteiger partial charge in [0.1, 0.15) is 0 Å². The fraction of sp³-hybridized carbons (Fsp3) is 0.750. The van der Waals surface area contributed by atoms with Crippen LogP contribution < -0.4 is 5.09 Å². The van der Waals surface area contributed by atoms with Crippen LogP contribution in [0.25, 0.3) is 0 Å². The number of carboxylic acid groups (broad SMARTS) is 1. The van der Waals surface area contributed by atoms with E-state index in [0.717, 1.165) is 0 Å². The lowest BCUT2D eigenvalue weighted by atomic mass is 9.96. The Labute approximate surface area is 57.9 Å². The zero-order valence-electron chi connectivity index (χ0n) is 5.00. The second-order valence-electron chi connectivity index (χ2n) is 1.70. The monoisotopic (exact) mass is 145 g/mol. The molecule has 3 nitrogen and oxygen atoms in total. The Morgan fingerprint density at radius 3 is 2.56 bits per heavy atom. The van der Waals surface area contributed by atoms with Crippen molar-refractivity contribution in [3.63, 3.8) is 0 Å². The SMILES string of the molecule is [B]CC(CC(=O)O)NP. The molecule has 2 atom stereocenters. The number of nitrogens with one attached hydrogen (secondary N) is 1. The van der Waals surface area contributed by atoms with Crippen molar-refractivity contribution in [1.29, 1.82) is 0 Å². The molecule has 2 radical (unpaired) electrons. The zero-order valence-corrected chi connectivity index (χ0v) is 6.16. The van der Waals surface area contributed by atoms with Gasteiger partial charge in [-0.2, -0.15) is 0 Å². The van der Waals surface area contributed by atoms with Gasteiger partial charge < -0.3 is 5.11 Å². The maximum absolute atomic E-state index is 10.0. The largest absolute Gasteiger partial charge is 0.481 e. The van der Waals surface area contributed by atoms with Crippen LogP contribution in [0.5, 0.6) is 0 Å². The molecule has 5 heteroatoms. The lowest BCUT2D eigenvalue weighted by molar-refractivity contribution is -0.137. The van der Waals surface area contributed by atoms with E-state index in [1.54, 1.807) is 0 Å². The molecular formula is C4H9BNO2P. The summed E-state index contributed by atoms with van der Waals surface area (Å²) in [5, 5.41) is 10.9. The summed E-state index contributed by atoms with van der Waals surface area (Å²) < 4.78 is 0. The lowest BCUT2D eigenvalue weighted by Crippen LogP contribution is -2.22. The molecule has 0 aliphatic carbocycles. The summed E-state index contributed by atoms with van der Waals surface area (Å²) in [7, 11) is 7.43. The Kier molecular flexibility index (Phi) is 4.73. The summed E-state index contributed by atoms with van der Waals surface area (Å²) in [4.78, 5) is 10.0. The molecule has 0 aromatic rings. The topological polar surface area (TPSA) is 49.3 Å². The van der Waals surface area contributed by atoms with Crippen LogP contribution in [0.4, 0.5) is 0 Å². The van der Waals surface area contributed by atoms with E-state index in [2.05, 4.69) is 14.5 Å². The Morgan fingerprint density at radius 2 is 2.44 bits per heavy atom. The second kappa shape index (κ2) is 4.77. The molecule has 0 fully saturated rings. The van der Waals surface area contributed by atoms with Crippen molar-refractivity contribution in [2.24, 2.45) is 0 Å². The minimum absolute atomic E-state index is 0.0694. The van der Waals surface area contributed by atoms with E-state index in [9.17, 15) is 4.79 Å². The summed E-state index contributed by atoms with van der Waals surface area (Å²) in [6, 6.07) is -0.132. The molecule has 2 N–H and O–H groups in total. The molecule has 0 heterocycles. The van der Waals surface area contributed by atoms with E-state index in [1.165, 1.54) is 0 Å². The summed E-state index contributed by atoms with van der Waals surface area (Å²) in [5.74, 6) is -0.833. The van der Waals surface area contributed by atoms with Crippen molar-refractivity contribution in [3.05, 3.63) is 0 Å². The molecule has 0 saturated carbocycles. The third kappa shape index (κ3) is 4.43. The van der Waals surface area contributed by atoms with Crippen molar-refractivity contribution in [2.75, 3.05) is 0 Å². The predicted octanol–water partition coefficient (Wildman–Crippen LogP) is -0.204. The number of aliphatic carboxylic acids is 1. The first-order valence-corrected chi connectivity index (χ1v) is 3.16. The molecule has 0 saturated heterocycles. The van der Waals surface area contributed by atoms with Gasteiger partial charge >= 0.3 is 5.97 Å². The van der Waals surface area contributed by atoms with Crippen LogP contribution in [-0.2, 0) is 4.79 Å². The van der Waals surface area contributed by atoms with Gasteiger partial charge in [-0.15, -0.1) is 0 Å². The fourth-order valence-electron chi connectivity index (χ4n) is 0.421. The van der Waals surface area contributed by atoms with Crippen LogP contribution in [0.1, 0.15) is 6.42 Å². The highest BCUT2D eigenvalue weighted by atomic mass is 31.0. The van der Waals surface area contributed by atoms with Gasteiger partial charge in [-0.3, -0.25) is 9.88 Å². The third-order valence-corrected chi connectivity index (χ3v) is 1.41. The van der Waals surface area contributed by atoms with Crippen molar-refractivity contribution >= 4 is 23.2 Å². The van der Waals surface area contributed by atoms with Crippen molar-refractivity contribution < 1.29 is 9.90 Å². The summed E-state index contributed by atoms with van der Waals surface area (Å²) in [6.45, 7) is 0. The van der Waals surface area contributed by atoms with E-state index >= 15 is 0 Å². The van der Waals surface area contributed by atoms with Gasteiger partial charge in [-0.1, -0.05) is 15.7 Å². The van der Waals surface area contributed by atoms with Crippen LogP contribution in [0.3, 0.4) is 0 Å². The number of hydrogen-bond acceptors (Lipinski definition) is 2. The van der Waals surface area contributed by atoms with Crippen LogP contribution in [0.15, 0.2) is 0 Å². The molecule has 0 amide bonds. The summed E-state index contributed by atoms with van der Waals surface area (Å²) >= 11 is 0. The Hall–Kier alpha value is -0.0751. The molecule has 0 aromatic carbocycles. The highest BCUT2D eigenvalue weighted by molar-refractivity contribution is 7.13. The highest BCUT2D eigenvalue weighted by Gasteiger charge is 2.06. The zero-order chi connectivity index (χ0) is 7.28. The van der Waals surface area contributed by atoms with E-state index in [0.29, 0.717) is 6.32 Å². The average Bonchev–Trinajstić information content (AvgIpc) is 1.82. The molecule has 0 spiro atoms. The van der Waals surface area contributed by atoms with Gasteiger partial charge in [-0.25, -0.2) is 0 Å². The highest BCUT2D eigenvalue weighted by Crippen LogP contribution is 1.97. The Balaban J connectivity index is 3.43. The van der Waals surface area contributed by atoms with Crippen LogP contribution >= 0.6 is 9.39 Å². The van der Waals surface area contributed by atoms with Gasteiger partial charge in [0.25, 0.3) is 0 Å². The molecule has 0 aromatic heterocycles. The normalized spacial score (nSPS) is 13.0. The lowest BCUT2D eigenvalue weighted by Gasteiger charge is -2.08. The van der Waals surface area contributed by atoms with E-state index in [4.69, 9.17) is 13.0 Å². The average molecular weight is 145 g/mol. The van der Waals surface area contributed by atoms with Gasteiger partial charge in [0, 0.05) is 6.04 Å². The molecule has 0 aliphatic rings. The minimum Gasteiger partial charge on any atom is -0.481 e. The molecule has 9 heavy (non-hydrogen) atoms. The van der Waals surface area contributed by atoms with Crippen LogP contribution in [-0.4, -0.2) is 25.0 Å². The fourth-order valence-corrected chi connectivity index (χ4v) is 0.675. The first-order chi connectivity index (χ1) is 4.20. The first kappa shape index (κ1) is 8.92.